The van der Waals surface area contributed by atoms with Crippen LogP contribution in [0.3, 0.4) is 0 Å². The van der Waals surface area contributed by atoms with Gasteiger partial charge in [0.1, 0.15) is 0 Å². The van der Waals surface area contributed by atoms with E-state index in [0.717, 1.165) is 5.56 Å². The SMILES string of the molecule is Cc1cscc1-c1noc(C(N)C2CC2)n1. The van der Waals surface area contributed by atoms with Crippen LogP contribution in [-0.2, 0) is 0 Å². The summed E-state index contributed by atoms with van der Waals surface area (Å²) in [5, 5.41) is 8.10. The van der Waals surface area contributed by atoms with E-state index in [9.17, 15) is 0 Å². The monoisotopic (exact) mass is 235 g/mol. The molecule has 1 fully saturated rings. The Hall–Kier alpha value is -1.20. The fourth-order valence-corrected chi connectivity index (χ4v) is 2.55. The van der Waals surface area contributed by atoms with Gasteiger partial charge in [-0.05, 0) is 36.6 Å². The molecule has 2 N–H and O–H groups in total. The van der Waals surface area contributed by atoms with Gasteiger partial charge in [-0.15, -0.1) is 0 Å². The molecule has 1 aliphatic carbocycles. The van der Waals surface area contributed by atoms with Crippen LogP contribution in [0.15, 0.2) is 15.3 Å². The molecule has 0 amide bonds. The molecular formula is C11H13N3OS. The van der Waals surface area contributed by atoms with Crippen LogP contribution in [0, 0.1) is 12.8 Å². The van der Waals surface area contributed by atoms with Crippen molar-refractivity contribution in [3.63, 3.8) is 0 Å². The maximum Gasteiger partial charge on any atom is 0.244 e. The summed E-state index contributed by atoms with van der Waals surface area (Å²) in [5.74, 6) is 1.77. The Labute approximate surface area is 97.5 Å². The molecule has 2 heterocycles. The van der Waals surface area contributed by atoms with Crippen molar-refractivity contribution in [2.45, 2.75) is 25.8 Å². The third-order valence-electron chi connectivity index (χ3n) is 2.95. The van der Waals surface area contributed by atoms with Crippen LogP contribution in [0.25, 0.3) is 11.4 Å². The van der Waals surface area contributed by atoms with E-state index in [1.807, 2.05) is 12.3 Å². The summed E-state index contributed by atoms with van der Waals surface area (Å²) in [6.07, 6.45) is 2.35. The summed E-state index contributed by atoms with van der Waals surface area (Å²) in [6.45, 7) is 2.04. The molecule has 0 aromatic carbocycles. The third-order valence-corrected chi connectivity index (χ3v) is 3.81. The first-order chi connectivity index (χ1) is 7.75. The van der Waals surface area contributed by atoms with Gasteiger partial charge in [0.2, 0.25) is 11.7 Å². The second kappa shape index (κ2) is 3.68. The number of aromatic nitrogens is 2. The van der Waals surface area contributed by atoms with E-state index < -0.39 is 0 Å². The normalized spacial score (nSPS) is 17.6. The molecule has 1 unspecified atom stereocenters. The molecule has 0 spiro atoms. The van der Waals surface area contributed by atoms with Crippen LogP contribution in [0.2, 0.25) is 0 Å². The van der Waals surface area contributed by atoms with Crippen LogP contribution in [-0.4, -0.2) is 10.1 Å². The first-order valence-electron chi connectivity index (χ1n) is 5.38. The molecule has 1 atom stereocenters. The molecule has 1 saturated carbocycles. The van der Waals surface area contributed by atoms with Gasteiger partial charge in [-0.3, -0.25) is 0 Å². The first kappa shape index (κ1) is 9.99. The predicted octanol–water partition coefficient (Wildman–Crippen LogP) is 2.52. The zero-order valence-electron chi connectivity index (χ0n) is 9.01. The quantitative estimate of drug-likeness (QED) is 0.887. The summed E-state index contributed by atoms with van der Waals surface area (Å²) in [5.41, 5.74) is 8.23. The minimum atomic E-state index is -0.0832. The number of hydrogen-bond acceptors (Lipinski definition) is 5. The van der Waals surface area contributed by atoms with Crippen LogP contribution < -0.4 is 5.73 Å². The van der Waals surface area contributed by atoms with Crippen molar-refractivity contribution < 1.29 is 4.52 Å². The van der Waals surface area contributed by atoms with Crippen molar-refractivity contribution in [2.24, 2.45) is 11.7 Å². The smallest absolute Gasteiger partial charge is 0.244 e. The molecule has 16 heavy (non-hydrogen) atoms. The number of aryl methyl sites for hydroxylation is 1. The maximum absolute atomic E-state index is 6.01. The summed E-state index contributed by atoms with van der Waals surface area (Å²) in [6, 6.07) is -0.0832. The van der Waals surface area contributed by atoms with E-state index in [1.165, 1.54) is 18.4 Å². The molecule has 0 radical (unpaired) electrons. The molecule has 2 aromatic rings. The van der Waals surface area contributed by atoms with Gasteiger partial charge in [-0.2, -0.15) is 16.3 Å². The molecule has 5 heteroatoms. The summed E-state index contributed by atoms with van der Waals surface area (Å²) in [4.78, 5) is 4.38. The van der Waals surface area contributed by atoms with E-state index in [2.05, 4.69) is 15.5 Å². The average Bonchev–Trinajstić information content (AvgIpc) is 2.86. The summed E-state index contributed by atoms with van der Waals surface area (Å²) in [7, 11) is 0. The molecule has 0 bridgehead atoms. The first-order valence-corrected chi connectivity index (χ1v) is 6.32. The molecule has 4 nitrogen and oxygen atoms in total. The number of hydrogen-bond donors (Lipinski definition) is 1. The van der Waals surface area contributed by atoms with Gasteiger partial charge in [-0.25, -0.2) is 0 Å². The largest absolute Gasteiger partial charge is 0.337 e. The minimum absolute atomic E-state index is 0.0832. The second-order valence-electron chi connectivity index (χ2n) is 4.29. The van der Waals surface area contributed by atoms with Gasteiger partial charge in [0.15, 0.2) is 0 Å². The van der Waals surface area contributed by atoms with E-state index in [4.69, 9.17) is 10.3 Å². The lowest BCUT2D eigenvalue weighted by Crippen LogP contribution is -2.12. The van der Waals surface area contributed by atoms with E-state index in [1.54, 1.807) is 11.3 Å². The van der Waals surface area contributed by atoms with Crippen LogP contribution >= 0.6 is 11.3 Å². The fourth-order valence-electron chi connectivity index (χ4n) is 1.73. The summed E-state index contributed by atoms with van der Waals surface area (Å²) >= 11 is 1.64. The highest BCUT2D eigenvalue weighted by Gasteiger charge is 2.33. The van der Waals surface area contributed by atoms with Gasteiger partial charge in [0.05, 0.1) is 6.04 Å². The number of nitrogens with zero attached hydrogens (tertiary/aromatic N) is 2. The molecular weight excluding hydrogens is 222 g/mol. The summed E-state index contributed by atoms with van der Waals surface area (Å²) < 4.78 is 5.23. The highest BCUT2D eigenvalue weighted by atomic mass is 32.1. The highest BCUT2D eigenvalue weighted by Crippen LogP contribution is 2.39. The Morgan fingerprint density at radius 1 is 1.50 bits per heavy atom. The Morgan fingerprint density at radius 2 is 2.31 bits per heavy atom. The van der Waals surface area contributed by atoms with Gasteiger partial charge in [0, 0.05) is 10.9 Å². The Morgan fingerprint density at radius 3 is 2.94 bits per heavy atom. The van der Waals surface area contributed by atoms with E-state index in [-0.39, 0.29) is 6.04 Å². The maximum atomic E-state index is 6.01. The Balaban J connectivity index is 1.90. The fraction of sp³-hybridized carbons (Fsp3) is 0.455. The number of thiophene rings is 1. The van der Waals surface area contributed by atoms with Crippen molar-refractivity contribution in [1.82, 2.24) is 10.1 Å². The van der Waals surface area contributed by atoms with Gasteiger partial charge < -0.3 is 10.3 Å². The Bertz CT molecular complexity index is 501. The topological polar surface area (TPSA) is 64.9 Å². The number of nitrogens with two attached hydrogens (primary N) is 1. The lowest BCUT2D eigenvalue weighted by molar-refractivity contribution is 0.343. The van der Waals surface area contributed by atoms with Gasteiger partial charge in [-0.1, -0.05) is 5.16 Å². The van der Waals surface area contributed by atoms with Gasteiger partial charge in [0.25, 0.3) is 0 Å². The Kier molecular flexibility index (Phi) is 2.29. The van der Waals surface area contributed by atoms with E-state index in [0.29, 0.717) is 17.6 Å². The molecule has 0 saturated heterocycles. The van der Waals surface area contributed by atoms with Crippen molar-refractivity contribution in [3.8, 4) is 11.4 Å². The molecule has 1 aliphatic rings. The van der Waals surface area contributed by atoms with Crippen molar-refractivity contribution in [1.29, 1.82) is 0 Å². The average molecular weight is 235 g/mol. The van der Waals surface area contributed by atoms with Crippen LogP contribution in [0.1, 0.15) is 30.3 Å². The lowest BCUT2D eigenvalue weighted by Gasteiger charge is -2.01. The molecule has 2 aromatic heterocycles. The predicted molar refractivity (Wildman–Crippen MR) is 62.0 cm³/mol. The highest BCUT2D eigenvalue weighted by molar-refractivity contribution is 7.08. The molecule has 0 aliphatic heterocycles. The zero-order valence-corrected chi connectivity index (χ0v) is 9.83. The minimum Gasteiger partial charge on any atom is -0.337 e. The van der Waals surface area contributed by atoms with Crippen LogP contribution in [0.4, 0.5) is 0 Å². The third kappa shape index (κ3) is 1.66. The molecule has 3 rings (SSSR count). The number of rotatable bonds is 3. The van der Waals surface area contributed by atoms with E-state index >= 15 is 0 Å². The van der Waals surface area contributed by atoms with Crippen molar-refractivity contribution in [2.75, 3.05) is 0 Å². The van der Waals surface area contributed by atoms with Crippen LogP contribution in [0.5, 0.6) is 0 Å². The van der Waals surface area contributed by atoms with Crippen molar-refractivity contribution in [3.05, 3.63) is 22.2 Å². The lowest BCUT2D eigenvalue weighted by atomic mass is 10.2. The van der Waals surface area contributed by atoms with Gasteiger partial charge >= 0.3 is 0 Å². The van der Waals surface area contributed by atoms with Crippen molar-refractivity contribution >= 4 is 11.3 Å². The standard InChI is InChI=1S/C11H13N3OS/c1-6-4-16-5-8(6)10-13-11(15-14-10)9(12)7-2-3-7/h4-5,7,9H,2-3,12H2,1H3. The zero-order chi connectivity index (χ0) is 11.1. The second-order valence-corrected chi connectivity index (χ2v) is 5.03. The molecule has 84 valence electrons.